The number of halogens is 1. The van der Waals surface area contributed by atoms with Crippen molar-refractivity contribution in [2.75, 3.05) is 6.54 Å². The zero-order valence-corrected chi connectivity index (χ0v) is 11.1. The van der Waals surface area contributed by atoms with Gasteiger partial charge in [-0.2, -0.15) is 0 Å². The summed E-state index contributed by atoms with van der Waals surface area (Å²) in [5.74, 6) is -0.819. The maximum absolute atomic E-state index is 13.4. The molecule has 0 aliphatic carbocycles. The first kappa shape index (κ1) is 14.2. The lowest BCUT2D eigenvalue weighted by molar-refractivity contribution is 0.0916. The standard InChI is InChI=1S/C16H16FNO2/c1-11-7-8-13(9-14(11)17)16(20)18-10-15(19)12-5-3-2-4-6-12/h2-9,15,19H,10H2,1H3,(H,18,20)/t15-/m0/s1. The number of aliphatic hydroxyl groups excluding tert-OH is 1. The van der Waals surface area contributed by atoms with E-state index in [-0.39, 0.29) is 12.1 Å². The molecule has 0 aliphatic heterocycles. The van der Waals surface area contributed by atoms with E-state index in [1.165, 1.54) is 6.07 Å². The van der Waals surface area contributed by atoms with Crippen molar-refractivity contribution in [1.29, 1.82) is 0 Å². The molecule has 0 fully saturated rings. The number of carbonyl (C=O) groups excluding carboxylic acids is 1. The van der Waals surface area contributed by atoms with Gasteiger partial charge in [0.15, 0.2) is 0 Å². The first-order valence-electron chi connectivity index (χ1n) is 6.35. The van der Waals surface area contributed by atoms with Crippen LogP contribution in [0.25, 0.3) is 0 Å². The molecule has 0 bridgehead atoms. The third-order valence-corrected chi connectivity index (χ3v) is 3.07. The monoisotopic (exact) mass is 273 g/mol. The summed E-state index contributed by atoms with van der Waals surface area (Å²) in [7, 11) is 0. The highest BCUT2D eigenvalue weighted by Gasteiger charge is 2.11. The highest BCUT2D eigenvalue weighted by molar-refractivity contribution is 5.94. The Morgan fingerprint density at radius 1 is 1.25 bits per heavy atom. The highest BCUT2D eigenvalue weighted by Crippen LogP contribution is 2.12. The zero-order chi connectivity index (χ0) is 14.5. The third-order valence-electron chi connectivity index (χ3n) is 3.07. The van der Waals surface area contributed by atoms with Gasteiger partial charge in [-0.1, -0.05) is 36.4 Å². The van der Waals surface area contributed by atoms with Gasteiger partial charge in [-0.25, -0.2) is 4.39 Å². The smallest absolute Gasteiger partial charge is 0.251 e. The zero-order valence-electron chi connectivity index (χ0n) is 11.1. The fourth-order valence-corrected chi connectivity index (χ4v) is 1.82. The first-order chi connectivity index (χ1) is 9.58. The van der Waals surface area contributed by atoms with Crippen LogP contribution in [0.2, 0.25) is 0 Å². The lowest BCUT2D eigenvalue weighted by Crippen LogP contribution is -2.28. The lowest BCUT2D eigenvalue weighted by Gasteiger charge is -2.12. The van der Waals surface area contributed by atoms with E-state index in [0.717, 1.165) is 5.56 Å². The van der Waals surface area contributed by atoms with Gasteiger partial charge in [-0.3, -0.25) is 4.79 Å². The van der Waals surface area contributed by atoms with Crippen LogP contribution < -0.4 is 5.32 Å². The Morgan fingerprint density at radius 3 is 2.60 bits per heavy atom. The van der Waals surface area contributed by atoms with Crippen LogP contribution in [0.4, 0.5) is 4.39 Å². The molecule has 104 valence electrons. The van der Waals surface area contributed by atoms with E-state index in [1.54, 1.807) is 31.2 Å². The number of carbonyl (C=O) groups is 1. The third kappa shape index (κ3) is 3.42. The average molecular weight is 273 g/mol. The number of benzene rings is 2. The Labute approximate surface area is 117 Å². The van der Waals surface area contributed by atoms with E-state index in [2.05, 4.69) is 5.32 Å². The van der Waals surface area contributed by atoms with Crippen LogP contribution in [0, 0.1) is 12.7 Å². The lowest BCUT2D eigenvalue weighted by atomic mass is 10.1. The summed E-state index contributed by atoms with van der Waals surface area (Å²) in [6, 6.07) is 13.3. The number of hydrogen-bond donors (Lipinski definition) is 2. The van der Waals surface area contributed by atoms with E-state index in [9.17, 15) is 14.3 Å². The van der Waals surface area contributed by atoms with Gasteiger partial charge in [0.2, 0.25) is 0 Å². The second-order valence-corrected chi connectivity index (χ2v) is 4.60. The van der Waals surface area contributed by atoms with Gasteiger partial charge in [0.05, 0.1) is 6.10 Å². The van der Waals surface area contributed by atoms with Crippen molar-refractivity contribution in [1.82, 2.24) is 5.32 Å². The number of rotatable bonds is 4. The molecule has 0 aromatic heterocycles. The van der Waals surface area contributed by atoms with E-state index < -0.39 is 17.8 Å². The van der Waals surface area contributed by atoms with Crippen molar-refractivity contribution in [3.63, 3.8) is 0 Å². The van der Waals surface area contributed by atoms with E-state index in [0.29, 0.717) is 5.56 Å². The van der Waals surface area contributed by atoms with Crippen molar-refractivity contribution in [3.05, 3.63) is 71.0 Å². The number of nitrogens with one attached hydrogen (secondary N) is 1. The van der Waals surface area contributed by atoms with Crippen molar-refractivity contribution >= 4 is 5.91 Å². The quantitative estimate of drug-likeness (QED) is 0.899. The van der Waals surface area contributed by atoms with Crippen molar-refractivity contribution in [3.8, 4) is 0 Å². The molecule has 1 atom stereocenters. The predicted octanol–water partition coefficient (Wildman–Crippen LogP) is 2.60. The number of hydrogen-bond acceptors (Lipinski definition) is 2. The Bertz CT molecular complexity index is 599. The van der Waals surface area contributed by atoms with Crippen molar-refractivity contribution < 1.29 is 14.3 Å². The van der Waals surface area contributed by atoms with Crippen LogP contribution in [-0.2, 0) is 0 Å². The Kier molecular flexibility index (Phi) is 4.48. The minimum Gasteiger partial charge on any atom is -0.387 e. The Morgan fingerprint density at radius 2 is 1.95 bits per heavy atom. The molecule has 2 aromatic carbocycles. The van der Waals surface area contributed by atoms with Crippen molar-refractivity contribution in [2.24, 2.45) is 0 Å². The summed E-state index contributed by atoms with van der Waals surface area (Å²) >= 11 is 0. The molecule has 0 unspecified atom stereocenters. The molecule has 0 aliphatic rings. The van der Waals surface area contributed by atoms with E-state index in [1.807, 2.05) is 18.2 Å². The number of aryl methyl sites for hydroxylation is 1. The molecule has 0 heterocycles. The van der Waals surface area contributed by atoms with Crippen LogP contribution in [0.15, 0.2) is 48.5 Å². The molecular weight excluding hydrogens is 257 g/mol. The van der Waals surface area contributed by atoms with Crippen LogP contribution in [-0.4, -0.2) is 17.6 Å². The van der Waals surface area contributed by atoms with Gasteiger partial charge >= 0.3 is 0 Å². The topological polar surface area (TPSA) is 49.3 Å². The van der Waals surface area contributed by atoms with Gasteiger partial charge < -0.3 is 10.4 Å². The number of amides is 1. The molecule has 20 heavy (non-hydrogen) atoms. The molecule has 2 N–H and O–H groups in total. The molecule has 2 rings (SSSR count). The van der Waals surface area contributed by atoms with Crippen molar-refractivity contribution in [2.45, 2.75) is 13.0 Å². The summed E-state index contributed by atoms with van der Waals surface area (Å²) in [4.78, 5) is 11.9. The maximum Gasteiger partial charge on any atom is 0.251 e. The normalized spacial score (nSPS) is 11.9. The number of aliphatic hydroxyl groups is 1. The van der Waals surface area contributed by atoms with Gasteiger partial charge in [0, 0.05) is 12.1 Å². The Balaban J connectivity index is 1.97. The highest BCUT2D eigenvalue weighted by atomic mass is 19.1. The summed E-state index contributed by atoms with van der Waals surface area (Å²) in [5.41, 5.74) is 1.46. The van der Waals surface area contributed by atoms with Gasteiger partial charge in [0.1, 0.15) is 5.82 Å². The molecule has 0 saturated carbocycles. The van der Waals surface area contributed by atoms with Crippen LogP contribution in [0.1, 0.15) is 27.6 Å². The summed E-state index contributed by atoms with van der Waals surface area (Å²) in [6.45, 7) is 1.72. The fraction of sp³-hybridized carbons (Fsp3) is 0.188. The SMILES string of the molecule is Cc1ccc(C(=O)NC[C@H](O)c2ccccc2)cc1F. The van der Waals surface area contributed by atoms with Crippen LogP contribution in [0.3, 0.4) is 0 Å². The maximum atomic E-state index is 13.4. The van der Waals surface area contributed by atoms with Gasteiger partial charge in [-0.05, 0) is 30.2 Å². The largest absolute Gasteiger partial charge is 0.387 e. The fourth-order valence-electron chi connectivity index (χ4n) is 1.82. The van der Waals surface area contributed by atoms with Gasteiger partial charge in [-0.15, -0.1) is 0 Å². The second kappa shape index (κ2) is 6.30. The molecule has 0 radical (unpaired) electrons. The molecular formula is C16H16FNO2. The van der Waals surface area contributed by atoms with Crippen LogP contribution >= 0.6 is 0 Å². The molecule has 2 aromatic rings. The molecule has 0 spiro atoms. The molecule has 0 saturated heterocycles. The predicted molar refractivity (Wildman–Crippen MR) is 74.9 cm³/mol. The van der Waals surface area contributed by atoms with E-state index >= 15 is 0 Å². The first-order valence-corrected chi connectivity index (χ1v) is 6.35. The molecule has 4 heteroatoms. The molecule has 1 amide bonds. The minimum atomic E-state index is -0.782. The summed E-state index contributed by atoms with van der Waals surface area (Å²) in [5, 5.41) is 12.5. The second-order valence-electron chi connectivity index (χ2n) is 4.60. The molecule has 3 nitrogen and oxygen atoms in total. The van der Waals surface area contributed by atoms with Gasteiger partial charge in [0.25, 0.3) is 5.91 Å². The Hall–Kier alpha value is -2.20. The summed E-state index contributed by atoms with van der Waals surface area (Å²) < 4.78 is 13.4. The summed E-state index contributed by atoms with van der Waals surface area (Å²) in [6.07, 6.45) is -0.782. The van der Waals surface area contributed by atoms with Crippen LogP contribution in [0.5, 0.6) is 0 Å². The average Bonchev–Trinajstić information content (AvgIpc) is 2.48. The van der Waals surface area contributed by atoms with E-state index in [4.69, 9.17) is 0 Å². The minimum absolute atomic E-state index is 0.0817.